The quantitative estimate of drug-likeness (QED) is 0.842. The largest absolute Gasteiger partial charge is 0.466 e. The van der Waals surface area contributed by atoms with Crippen LogP contribution in [0.3, 0.4) is 0 Å². The van der Waals surface area contributed by atoms with Crippen LogP contribution < -0.4 is 5.32 Å². The topological polar surface area (TPSA) is 64.1 Å². The van der Waals surface area contributed by atoms with Crippen molar-refractivity contribution in [3.8, 4) is 0 Å². The molecule has 0 saturated heterocycles. The van der Waals surface area contributed by atoms with Gasteiger partial charge in [-0.2, -0.15) is 0 Å². The van der Waals surface area contributed by atoms with Gasteiger partial charge >= 0.3 is 5.97 Å². The van der Waals surface area contributed by atoms with Crippen LogP contribution >= 0.6 is 11.6 Å². The summed E-state index contributed by atoms with van der Waals surface area (Å²) in [4.78, 5) is 20.2. The van der Waals surface area contributed by atoms with Gasteiger partial charge in [-0.25, -0.2) is 4.98 Å². The molecule has 0 atom stereocenters. The fourth-order valence-corrected chi connectivity index (χ4v) is 2.62. The van der Waals surface area contributed by atoms with Crippen LogP contribution in [0.15, 0.2) is 12.4 Å². The number of esters is 1. The van der Waals surface area contributed by atoms with Gasteiger partial charge in [0.2, 0.25) is 0 Å². The Kier molecular flexibility index (Phi) is 4.58. The molecule has 0 spiro atoms. The van der Waals surface area contributed by atoms with E-state index in [9.17, 15) is 4.79 Å². The summed E-state index contributed by atoms with van der Waals surface area (Å²) in [5.41, 5.74) is -0.431. The lowest BCUT2D eigenvalue weighted by atomic mass is 9.86. The van der Waals surface area contributed by atoms with E-state index in [4.69, 9.17) is 16.3 Å². The predicted octanol–water partition coefficient (Wildman–Crippen LogP) is 2.67. The highest BCUT2D eigenvalue weighted by Gasteiger charge is 2.42. The molecule has 0 aromatic carbocycles. The number of carbonyl (C=O) groups is 1. The zero-order valence-electron chi connectivity index (χ0n) is 11.0. The van der Waals surface area contributed by atoms with E-state index in [-0.39, 0.29) is 5.97 Å². The molecule has 5 nitrogen and oxygen atoms in total. The van der Waals surface area contributed by atoms with Crippen molar-refractivity contribution in [1.82, 2.24) is 9.97 Å². The second-order valence-electron chi connectivity index (χ2n) is 4.79. The first kappa shape index (κ1) is 14.1. The third-order valence-corrected chi connectivity index (χ3v) is 3.66. The Morgan fingerprint density at radius 2 is 2.21 bits per heavy atom. The van der Waals surface area contributed by atoms with Crippen molar-refractivity contribution in [3.05, 3.63) is 17.5 Å². The van der Waals surface area contributed by atoms with Crippen molar-refractivity contribution in [2.75, 3.05) is 18.5 Å². The molecule has 2 rings (SSSR count). The highest BCUT2D eigenvalue weighted by atomic mass is 35.5. The number of aromatic nitrogens is 2. The molecular weight excluding hydrogens is 266 g/mol. The first-order valence-electron chi connectivity index (χ1n) is 6.55. The Labute approximate surface area is 117 Å². The zero-order valence-corrected chi connectivity index (χ0v) is 11.7. The van der Waals surface area contributed by atoms with Gasteiger partial charge in [-0.15, -0.1) is 0 Å². The molecule has 0 unspecified atom stereocenters. The summed E-state index contributed by atoms with van der Waals surface area (Å²) < 4.78 is 5.20. The molecule has 1 heterocycles. The molecule has 1 saturated carbocycles. The molecule has 0 aliphatic heterocycles. The molecule has 104 valence electrons. The Balaban J connectivity index is 2.03. The molecule has 0 bridgehead atoms. The van der Waals surface area contributed by atoms with Gasteiger partial charge in [0.1, 0.15) is 11.0 Å². The summed E-state index contributed by atoms with van der Waals surface area (Å²) >= 11 is 5.78. The lowest BCUT2D eigenvalue weighted by Gasteiger charge is -2.26. The van der Waals surface area contributed by atoms with E-state index in [0.29, 0.717) is 24.1 Å². The fraction of sp³-hybridized carbons (Fsp3) is 0.615. The third-order valence-electron chi connectivity index (χ3n) is 3.48. The molecule has 1 aromatic rings. The summed E-state index contributed by atoms with van der Waals surface area (Å²) in [6.45, 7) is 2.76. The van der Waals surface area contributed by atoms with Gasteiger partial charge in [0.25, 0.3) is 0 Å². The molecule has 19 heavy (non-hydrogen) atoms. The number of anilines is 1. The first-order valence-corrected chi connectivity index (χ1v) is 6.93. The first-order chi connectivity index (χ1) is 9.16. The number of ether oxygens (including phenoxy) is 1. The van der Waals surface area contributed by atoms with Crippen molar-refractivity contribution in [2.24, 2.45) is 5.41 Å². The van der Waals surface area contributed by atoms with Crippen LogP contribution in [0.5, 0.6) is 0 Å². The Morgan fingerprint density at radius 1 is 1.47 bits per heavy atom. The number of nitrogens with one attached hydrogen (secondary N) is 1. The maximum atomic E-state index is 12.1. The number of hydrogen-bond donors (Lipinski definition) is 1. The minimum Gasteiger partial charge on any atom is -0.466 e. The molecule has 1 aromatic heterocycles. The van der Waals surface area contributed by atoms with E-state index < -0.39 is 5.41 Å². The van der Waals surface area contributed by atoms with Gasteiger partial charge in [-0.3, -0.25) is 9.78 Å². The maximum absolute atomic E-state index is 12.1. The van der Waals surface area contributed by atoms with E-state index in [1.165, 1.54) is 6.20 Å². The monoisotopic (exact) mass is 283 g/mol. The number of nitrogens with zero attached hydrogens (tertiary/aromatic N) is 2. The van der Waals surface area contributed by atoms with Gasteiger partial charge in [0.15, 0.2) is 0 Å². The smallest absolute Gasteiger partial charge is 0.313 e. The standard InChI is InChI=1S/C13H18ClN3O2/c1-2-19-12(18)13(5-3-4-6-13)9-16-11-8-15-7-10(14)17-11/h7-8H,2-6,9H2,1H3,(H,16,17). The summed E-state index contributed by atoms with van der Waals surface area (Å²) in [6.07, 6.45) is 6.90. The molecule has 1 fully saturated rings. The number of hydrogen-bond acceptors (Lipinski definition) is 5. The molecule has 0 radical (unpaired) electrons. The lowest BCUT2D eigenvalue weighted by Crippen LogP contribution is -2.37. The predicted molar refractivity (Wildman–Crippen MR) is 73.1 cm³/mol. The van der Waals surface area contributed by atoms with Crippen LogP contribution in [0.25, 0.3) is 0 Å². The average molecular weight is 284 g/mol. The Hall–Kier alpha value is -1.36. The van der Waals surface area contributed by atoms with Crippen LogP contribution in [-0.4, -0.2) is 29.1 Å². The summed E-state index contributed by atoms with van der Waals surface area (Å²) in [7, 11) is 0. The zero-order chi connectivity index (χ0) is 13.7. The van der Waals surface area contributed by atoms with Gasteiger partial charge in [0, 0.05) is 6.54 Å². The summed E-state index contributed by atoms with van der Waals surface area (Å²) in [6, 6.07) is 0. The minimum absolute atomic E-state index is 0.116. The minimum atomic E-state index is -0.431. The average Bonchev–Trinajstić information content (AvgIpc) is 2.87. The third kappa shape index (κ3) is 3.35. The van der Waals surface area contributed by atoms with Gasteiger partial charge in [-0.05, 0) is 19.8 Å². The summed E-state index contributed by atoms with van der Waals surface area (Å²) in [5.74, 6) is 0.470. The Bertz CT molecular complexity index is 447. The molecule has 1 aliphatic rings. The van der Waals surface area contributed by atoms with Crippen molar-refractivity contribution in [2.45, 2.75) is 32.6 Å². The Morgan fingerprint density at radius 3 is 2.84 bits per heavy atom. The van der Waals surface area contributed by atoms with Crippen LogP contribution in [0, 0.1) is 5.41 Å². The van der Waals surface area contributed by atoms with E-state index in [1.54, 1.807) is 6.20 Å². The molecule has 0 amide bonds. The van der Waals surface area contributed by atoms with Crippen LogP contribution in [-0.2, 0) is 9.53 Å². The van der Waals surface area contributed by atoms with E-state index >= 15 is 0 Å². The van der Waals surface area contributed by atoms with Gasteiger partial charge < -0.3 is 10.1 Å². The van der Waals surface area contributed by atoms with Crippen LogP contribution in [0.4, 0.5) is 5.82 Å². The molecule has 1 aliphatic carbocycles. The SMILES string of the molecule is CCOC(=O)C1(CNc2cncc(Cl)n2)CCCC1. The lowest BCUT2D eigenvalue weighted by molar-refractivity contribution is -0.154. The second-order valence-corrected chi connectivity index (χ2v) is 5.18. The summed E-state index contributed by atoms with van der Waals surface area (Å²) in [5, 5.41) is 3.48. The number of halogens is 1. The maximum Gasteiger partial charge on any atom is 0.313 e. The fourth-order valence-electron chi connectivity index (χ4n) is 2.48. The van der Waals surface area contributed by atoms with Crippen molar-refractivity contribution in [1.29, 1.82) is 0 Å². The van der Waals surface area contributed by atoms with Crippen molar-refractivity contribution in [3.63, 3.8) is 0 Å². The van der Waals surface area contributed by atoms with Crippen LogP contribution in [0.2, 0.25) is 5.15 Å². The number of rotatable bonds is 5. The molecule has 1 N–H and O–H groups in total. The van der Waals surface area contributed by atoms with Crippen molar-refractivity contribution >= 4 is 23.4 Å². The van der Waals surface area contributed by atoms with E-state index in [2.05, 4.69) is 15.3 Å². The van der Waals surface area contributed by atoms with Gasteiger partial charge in [-0.1, -0.05) is 24.4 Å². The van der Waals surface area contributed by atoms with E-state index in [1.807, 2.05) is 6.92 Å². The normalized spacial score (nSPS) is 17.2. The van der Waals surface area contributed by atoms with Crippen LogP contribution in [0.1, 0.15) is 32.6 Å². The highest BCUT2D eigenvalue weighted by molar-refractivity contribution is 6.29. The highest BCUT2D eigenvalue weighted by Crippen LogP contribution is 2.39. The van der Waals surface area contributed by atoms with E-state index in [0.717, 1.165) is 25.7 Å². The number of carbonyl (C=O) groups excluding carboxylic acids is 1. The molecular formula is C13H18ClN3O2. The second kappa shape index (κ2) is 6.19. The molecule has 6 heteroatoms. The van der Waals surface area contributed by atoms with Crippen molar-refractivity contribution < 1.29 is 9.53 Å². The van der Waals surface area contributed by atoms with Gasteiger partial charge in [0.05, 0.1) is 24.4 Å².